The normalized spacial score (nSPS) is 11.1. The molecule has 0 aliphatic rings. The van der Waals surface area contributed by atoms with E-state index in [0.29, 0.717) is 11.5 Å². The van der Waals surface area contributed by atoms with Crippen LogP contribution in [0.3, 0.4) is 0 Å². The SMILES string of the molecule is COC(=O)c1[nH]c(C(C)C)c2cc(N)ncc12. The highest BCUT2D eigenvalue weighted by Gasteiger charge is 2.18. The van der Waals surface area contributed by atoms with Gasteiger partial charge in [0.1, 0.15) is 11.5 Å². The highest BCUT2D eigenvalue weighted by atomic mass is 16.5. The molecule has 17 heavy (non-hydrogen) atoms. The van der Waals surface area contributed by atoms with E-state index in [1.807, 2.05) is 13.8 Å². The number of nitrogens with two attached hydrogens (primary N) is 1. The number of nitrogens with zero attached hydrogens (tertiary/aromatic N) is 1. The number of rotatable bonds is 2. The number of H-pyrrole nitrogens is 1. The van der Waals surface area contributed by atoms with Gasteiger partial charge in [0.2, 0.25) is 0 Å². The van der Waals surface area contributed by atoms with Crippen LogP contribution in [0.1, 0.15) is 35.9 Å². The number of aromatic nitrogens is 2. The van der Waals surface area contributed by atoms with Crippen LogP contribution in [0.4, 0.5) is 5.82 Å². The number of nitrogen functional groups attached to an aromatic ring is 1. The summed E-state index contributed by atoms with van der Waals surface area (Å²) in [5.41, 5.74) is 7.07. The Morgan fingerprint density at radius 2 is 2.18 bits per heavy atom. The van der Waals surface area contributed by atoms with E-state index < -0.39 is 5.97 Å². The number of methoxy groups -OCH3 is 1. The lowest BCUT2D eigenvalue weighted by Gasteiger charge is -2.02. The maximum Gasteiger partial charge on any atom is 0.355 e. The van der Waals surface area contributed by atoms with Crippen molar-refractivity contribution in [3.8, 4) is 0 Å². The molecular weight excluding hydrogens is 218 g/mol. The molecule has 2 aromatic heterocycles. The predicted octanol–water partition coefficient (Wildman–Crippen LogP) is 2.06. The largest absolute Gasteiger partial charge is 0.464 e. The van der Waals surface area contributed by atoms with Crippen molar-refractivity contribution in [1.29, 1.82) is 0 Å². The second kappa shape index (κ2) is 4.08. The Bertz CT molecular complexity index is 572. The smallest absolute Gasteiger partial charge is 0.355 e. The Morgan fingerprint density at radius 1 is 1.47 bits per heavy atom. The van der Waals surface area contributed by atoms with E-state index in [0.717, 1.165) is 16.5 Å². The van der Waals surface area contributed by atoms with Crippen molar-refractivity contribution in [2.45, 2.75) is 19.8 Å². The van der Waals surface area contributed by atoms with Crippen molar-refractivity contribution < 1.29 is 9.53 Å². The minimum Gasteiger partial charge on any atom is -0.464 e. The molecule has 5 heteroatoms. The van der Waals surface area contributed by atoms with Crippen molar-refractivity contribution in [1.82, 2.24) is 9.97 Å². The monoisotopic (exact) mass is 233 g/mol. The van der Waals surface area contributed by atoms with Gasteiger partial charge in [0.25, 0.3) is 0 Å². The quantitative estimate of drug-likeness (QED) is 0.778. The summed E-state index contributed by atoms with van der Waals surface area (Å²) in [6.45, 7) is 4.09. The van der Waals surface area contributed by atoms with E-state index in [4.69, 9.17) is 10.5 Å². The van der Waals surface area contributed by atoms with Gasteiger partial charge in [-0.2, -0.15) is 0 Å². The summed E-state index contributed by atoms with van der Waals surface area (Å²) in [6.07, 6.45) is 1.60. The standard InChI is InChI=1S/C12H15N3O2/c1-6(2)10-7-4-9(13)14-5-8(7)11(15-10)12(16)17-3/h4-6,15H,13H2,1-3H3. The molecule has 0 spiro atoms. The van der Waals surface area contributed by atoms with Crippen LogP contribution < -0.4 is 5.73 Å². The summed E-state index contributed by atoms with van der Waals surface area (Å²) >= 11 is 0. The van der Waals surface area contributed by atoms with Gasteiger partial charge < -0.3 is 15.5 Å². The van der Waals surface area contributed by atoms with Crippen LogP contribution in [0.15, 0.2) is 12.3 Å². The van der Waals surface area contributed by atoms with Crippen LogP contribution in [0.2, 0.25) is 0 Å². The number of nitrogens with one attached hydrogen (secondary N) is 1. The van der Waals surface area contributed by atoms with E-state index in [9.17, 15) is 4.79 Å². The second-order valence-electron chi connectivity index (χ2n) is 4.21. The van der Waals surface area contributed by atoms with Crippen molar-refractivity contribution in [2.24, 2.45) is 0 Å². The molecule has 0 fully saturated rings. The zero-order valence-electron chi connectivity index (χ0n) is 10.1. The molecule has 0 aliphatic carbocycles. The number of fused-ring (bicyclic) bond motifs is 1. The van der Waals surface area contributed by atoms with Crippen LogP contribution >= 0.6 is 0 Å². The molecular formula is C12H15N3O2. The molecule has 0 aliphatic heterocycles. The summed E-state index contributed by atoms with van der Waals surface area (Å²) in [7, 11) is 1.36. The summed E-state index contributed by atoms with van der Waals surface area (Å²) in [4.78, 5) is 18.7. The fourth-order valence-electron chi connectivity index (χ4n) is 1.88. The average Bonchev–Trinajstić information content (AvgIpc) is 2.66. The predicted molar refractivity (Wildman–Crippen MR) is 65.9 cm³/mol. The third-order valence-electron chi connectivity index (χ3n) is 2.71. The third-order valence-corrected chi connectivity index (χ3v) is 2.71. The highest BCUT2D eigenvalue weighted by Crippen LogP contribution is 2.28. The molecule has 3 N–H and O–H groups in total. The van der Waals surface area contributed by atoms with Gasteiger partial charge in [-0.3, -0.25) is 0 Å². The first kappa shape index (κ1) is 11.4. The molecule has 0 radical (unpaired) electrons. The van der Waals surface area contributed by atoms with Gasteiger partial charge in [0.05, 0.1) is 7.11 Å². The van der Waals surface area contributed by atoms with Crippen molar-refractivity contribution >= 4 is 22.6 Å². The lowest BCUT2D eigenvalue weighted by Crippen LogP contribution is -2.02. The maximum absolute atomic E-state index is 11.6. The van der Waals surface area contributed by atoms with Crippen LogP contribution in [-0.2, 0) is 4.74 Å². The van der Waals surface area contributed by atoms with Crippen LogP contribution in [0.5, 0.6) is 0 Å². The first-order valence-corrected chi connectivity index (χ1v) is 5.40. The Morgan fingerprint density at radius 3 is 2.76 bits per heavy atom. The topological polar surface area (TPSA) is 81.0 Å². The summed E-state index contributed by atoms with van der Waals surface area (Å²) in [5.74, 6) is 0.306. The van der Waals surface area contributed by atoms with Gasteiger partial charge >= 0.3 is 5.97 Å². The number of carbonyl (C=O) groups excluding carboxylic acids is 1. The first-order chi connectivity index (χ1) is 8.04. The zero-order chi connectivity index (χ0) is 12.6. The highest BCUT2D eigenvalue weighted by molar-refractivity contribution is 6.05. The molecule has 0 saturated carbocycles. The first-order valence-electron chi connectivity index (χ1n) is 5.40. The number of ether oxygens (including phenoxy) is 1. The molecule has 2 aromatic rings. The van der Waals surface area contributed by atoms with Gasteiger partial charge in [-0.1, -0.05) is 13.8 Å². The third kappa shape index (κ3) is 1.84. The van der Waals surface area contributed by atoms with Crippen LogP contribution in [0, 0.1) is 0 Å². The fourth-order valence-corrected chi connectivity index (χ4v) is 1.88. The molecule has 0 atom stereocenters. The summed E-state index contributed by atoms with van der Waals surface area (Å²) < 4.78 is 4.74. The molecule has 0 unspecified atom stereocenters. The molecule has 5 nitrogen and oxygen atoms in total. The van der Waals surface area contributed by atoms with Gasteiger partial charge in [0, 0.05) is 22.7 Å². The molecule has 90 valence electrons. The number of pyridine rings is 1. The average molecular weight is 233 g/mol. The Balaban J connectivity index is 2.75. The minimum absolute atomic E-state index is 0.262. The van der Waals surface area contributed by atoms with E-state index in [2.05, 4.69) is 9.97 Å². The van der Waals surface area contributed by atoms with Gasteiger partial charge in [-0.25, -0.2) is 9.78 Å². The molecule has 0 bridgehead atoms. The second-order valence-corrected chi connectivity index (χ2v) is 4.21. The van der Waals surface area contributed by atoms with Crippen LogP contribution in [-0.4, -0.2) is 23.0 Å². The summed E-state index contributed by atoms with van der Waals surface area (Å²) in [5, 5.41) is 1.67. The van der Waals surface area contributed by atoms with Gasteiger partial charge in [-0.05, 0) is 12.0 Å². The Hall–Kier alpha value is -2.04. The van der Waals surface area contributed by atoms with Gasteiger partial charge in [0.15, 0.2) is 0 Å². The Labute approximate surface area is 99.0 Å². The van der Waals surface area contributed by atoms with E-state index in [1.165, 1.54) is 7.11 Å². The summed E-state index contributed by atoms with van der Waals surface area (Å²) in [6, 6.07) is 1.77. The van der Waals surface area contributed by atoms with Crippen LogP contribution in [0.25, 0.3) is 10.8 Å². The fraction of sp³-hybridized carbons (Fsp3) is 0.333. The number of hydrogen-bond donors (Lipinski definition) is 2. The maximum atomic E-state index is 11.6. The number of hydrogen-bond acceptors (Lipinski definition) is 4. The molecule has 2 heterocycles. The molecule has 0 aromatic carbocycles. The van der Waals surface area contributed by atoms with Gasteiger partial charge in [-0.15, -0.1) is 0 Å². The Kier molecular flexibility index (Phi) is 2.75. The molecule has 0 saturated heterocycles. The van der Waals surface area contributed by atoms with Crippen molar-refractivity contribution in [2.75, 3.05) is 12.8 Å². The van der Waals surface area contributed by atoms with Crippen molar-refractivity contribution in [3.63, 3.8) is 0 Å². The number of anilines is 1. The number of carbonyl (C=O) groups is 1. The van der Waals surface area contributed by atoms with E-state index in [-0.39, 0.29) is 5.92 Å². The minimum atomic E-state index is -0.395. The van der Waals surface area contributed by atoms with E-state index in [1.54, 1.807) is 12.3 Å². The molecule has 2 rings (SSSR count). The zero-order valence-corrected chi connectivity index (χ0v) is 10.1. The van der Waals surface area contributed by atoms with Crippen molar-refractivity contribution in [3.05, 3.63) is 23.7 Å². The lowest BCUT2D eigenvalue weighted by molar-refractivity contribution is 0.0597. The lowest BCUT2D eigenvalue weighted by atomic mass is 10.1. The number of aromatic amines is 1. The number of esters is 1. The van der Waals surface area contributed by atoms with E-state index >= 15 is 0 Å². The molecule has 0 amide bonds.